The van der Waals surface area contributed by atoms with E-state index >= 15 is 0 Å². The lowest BCUT2D eigenvalue weighted by Gasteiger charge is -2.36. The van der Waals surface area contributed by atoms with Crippen molar-refractivity contribution >= 4 is 19.4 Å². The first-order valence-electron chi connectivity index (χ1n) is 7.40. The van der Waals surface area contributed by atoms with Gasteiger partial charge in [0.2, 0.25) is 11.8 Å². The smallest absolute Gasteiger partial charge is 0.306 e. The van der Waals surface area contributed by atoms with E-state index in [1.54, 1.807) is 0 Å². The summed E-state index contributed by atoms with van der Waals surface area (Å²) < 4.78 is 13.6. The average Bonchev–Trinajstić information content (AvgIpc) is 2.44. The van der Waals surface area contributed by atoms with Crippen molar-refractivity contribution in [3.63, 3.8) is 0 Å². The van der Waals surface area contributed by atoms with Crippen LogP contribution in [-0.2, 0) is 14.2 Å². The summed E-state index contributed by atoms with van der Waals surface area (Å²) in [7, 11) is -3.82. The summed E-state index contributed by atoms with van der Waals surface area (Å²) in [6.07, 6.45) is 0.684. The second-order valence-electron chi connectivity index (χ2n) is 5.47. The molecule has 9 nitrogen and oxygen atoms in total. The minimum absolute atomic E-state index is 0.205. The molecule has 0 aromatic heterocycles. The molecule has 10 heteroatoms. The first-order valence-corrected chi connectivity index (χ1v) is 9.13. The first-order chi connectivity index (χ1) is 10.2. The van der Waals surface area contributed by atoms with E-state index in [0.717, 1.165) is 11.1 Å². The van der Waals surface area contributed by atoms with Crippen molar-refractivity contribution in [2.45, 2.75) is 51.3 Å². The van der Waals surface area contributed by atoms with Crippen molar-refractivity contribution in [1.29, 1.82) is 0 Å². The van der Waals surface area contributed by atoms with E-state index in [2.05, 4.69) is 10.4 Å². The number of carbonyl (C=O) groups is 2. The van der Waals surface area contributed by atoms with Crippen molar-refractivity contribution < 1.29 is 19.3 Å². The number of nitrogens with one attached hydrogen (secondary N) is 2. The maximum Gasteiger partial charge on any atom is 0.306 e. The van der Waals surface area contributed by atoms with E-state index in [-0.39, 0.29) is 6.54 Å². The topological polar surface area (TPSA) is 151 Å². The number of amides is 2. The minimum atomic E-state index is -3.82. The van der Waals surface area contributed by atoms with Crippen LogP contribution in [0.25, 0.3) is 0 Å². The number of rotatable bonds is 7. The van der Waals surface area contributed by atoms with Crippen LogP contribution in [0.5, 0.6) is 0 Å². The molecule has 1 aliphatic rings. The lowest BCUT2D eigenvalue weighted by Crippen LogP contribution is -2.55. The van der Waals surface area contributed by atoms with Crippen LogP contribution in [0.4, 0.5) is 0 Å². The highest BCUT2D eigenvalue weighted by Crippen LogP contribution is 2.40. The second-order valence-corrected chi connectivity index (χ2v) is 7.46. The van der Waals surface area contributed by atoms with Gasteiger partial charge in [-0.1, -0.05) is 6.92 Å². The molecule has 128 valence electrons. The number of aliphatic hydroxyl groups is 1. The van der Waals surface area contributed by atoms with Gasteiger partial charge in [-0.2, -0.15) is 0 Å². The van der Waals surface area contributed by atoms with Crippen LogP contribution in [0.3, 0.4) is 0 Å². The fourth-order valence-corrected chi connectivity index (χ4v) is 3.94. The summed E-state index contributed by atoms with van der Waals surface area (Å²) in [5, 5.41) is 14.8. The Labute approximate surface area is 130 Å². The van der Waals surface area contributed by atoms with Gasteiger partial charge in [-0.05, 0) is 26.2 Å². The summed E-state index contributed by atoms with van der Waals surface area (Å²) in [6.45, 7) is 3.89. The van der Waals surface area contributed by atoms with Gasteiger partial charge >= 0.3 is 7.59 Å². The first kappa shape index (κ1) is 19.1. The van der Waals surface area contributed by atoms with E-state index in [0.29, 0.717) is 19.4 Å². The molecule has 22 heavy (non-hydrogen) atoms. The van der Waals surface area contributed by atoms with Crippen LogP contribution in [0.15, 0.2) is 0 Å². The van der Waals surface area contributed by atoms with E-state index in [9.17, 15) is 19.3 Å². The molecule has 1 saturated heterocycles. The highest BCUT2D eigenvalue weighted by molar-refractivity contribution is 7.57. The fourth-order valence-electron chi connectivity index (χ4n) is 2.19. The van der Waals surface area contributed by atoms with Crippen LogP contribution in [0.1, 0.15) is 33.1 Å². The Morgan fingerprint density at radius 3 is 2.77 bits per heavy atom. The molecule has 2 amide bonds. The Kier molecular flexibility index (Phi) is 6.96. The van der Waals surface area contributed by atoms with Gasteiger partial charge < -0.3 is 16.2 Å². The Hall–Kier alpha value is -0.990. The lowest BCUT2D eigenvalue weighted by atomic mass is 10.1. The molecular formula is C12H26N5O4P. The quantitative estimate of drug-likeness (QED) is 0.369. The van der Waals surface area contributed by atoms with Gasteiger partial charge in [0.25, 0.3) is 0 Å². The predicted octanol–water partition coefficient (Wildman–Crippen LogP) is -1.13. The second kappa shape index (κ2) is 8.03. The van der Waals surface area contributed by atoms with Gasteiger partial charge in [0.1, 0.15) is 6.04 Å². The zero-order chi connectivity index (χ0) is 16.9. The van der Waals surface area contributed by atoms with Gasteiger partial charge in [-0.25, -0.2) is 5.09 Å². The zero-order valence-corrected chi connectivity index (χ0v) is 13.9. The third kappa shape index (κ3) is 4.76. The molecule has 0 bridgehead atoms. The molecule has 1 heterocycles. The van der Waals surface area contributed by atoms with Crippen molar-refractivity contribution in [2.24, 2.45) is 11.2 Å². The largest absolute Gasteiger partial charge is 0.391 e. The number of nitrogens with zero attached hydrogens (tertiary/aromatic N) is 1. The van der Waals surface area contributed by atoms with Gasteiger partial charge in [0.05, 0.1) is 12.1 Å². The number of hydrogen-bond acceptors (Lipinski definition) is 5. The minimum Gasteiger partial charge on any atom is -0.391 e. The molecule has 7 N–H and O–H groups in total. The molecule has 0 saturated carbocycles. The predicted molar refractivity (Wildman–Crippen MR) is 82.6 cm³/mol. The van der Waals surface area contributed by atoms with E-state index in [1.165, 1.54) is 6.92 Å². The third-order valence-corrected chi connectivity index (χ3v) is 5.22. The maximum atomic E-state index is 12.6. The van der Waals surface area contributed by atoms with E-state index in [1.807, 2.05) is 6.92 Å². The lowest BCUT2D eigenvalue weighted by molar-refractivity contribution is -0.130. The van der Waals surface area contributed by atoms with Crippen molar-refractivity contribution in [3.05, 3.63) is 0 Å². The Morgan fingerprint density at radius 2 is 2.23 bits per heavy atom. The summed E-state index contributed by atoms with van der Waals surface area (Å²) in [6, 6.07) is -1.92. The average molecular weight is 335 g/mol. The van der Waals surface area contributed by atoms with E-state index < -0.39 is 37.6 Å². The summed E-state index contributed by atoms with van der Waals surface area (Å²) in [5.41, 5.74) is 11.4. The van der Waals surface area contributed by atoms with Gasteiger partial charge in [0.15, 0.2) is 0 Å². The monoisotopic (exact) mass is 335 g/mol. The molecule has 1 aliphatic heterocycles. The van der Waals surface area contributed by atoms with Crippen LogP contribution in [-0.4, -0.2) is 52.9 Å². The molecule has 4 atom stereocenters. The van der Waals surface area contributed by atoms with Crippen molar-refractivity contribution in [3.8, 4) is 0 Å². The highest BCUT2D eigenvalue weighted by atomic mass is 31.2. The van der Waals surface area contributed by atoms with E-state index in [4.69, 9.17) is 11.2 Å². The molecule has 0 aromatic rings. The molecule has 3 unspecified atom stereocenters. The molecule has 1 rings (SSSR count). The number of piperidine rings is 1. The molecular weight excluding hydrogens is 309 g/mol. The molecule has 0 aromatic carbocycles. The van der Waals surface area contributed by atoms with Crippen LogP contribution in [0.2, 0.25) is 0 Å². The summed E-state index contributed by atoms with van der Waals surface area (Å²) >= 11 is 0. The van der Waals surface area contributed by atoms with Gasteiger partial charge in [-0.15, -0.1) is 0 Å². The van der Waals surface area contributed by atoms with Crippen LogP contribution < -0.4 is 21.6 Å². The SMILES string of the molecule is CCCNC(=O)C(NP(N)(=O)N1CCC[C@H](N)C1=O)C(C)O. The molecule has 0 aliphatic carbocycles. The van der Waals surface area contributed by atoms with Gasteiger partial charge in [-0.3, -0.25) is 24.3 Å². The van der Waals surface area contributed by atoms with Crippen LogP contribution in [0, 0.1) is 0 Å². The number of hydrogen-bond donors (Lipinski definition) is 5. The molecule has 1 fully saturated rings. The van der Waals surface area contributed by atoms with Crippen LogP contribution >= 0.6 is 7.59 Å². The zero-order valence-electron chi connectivity index (χ0n) is 13.0. The van der Waals surface area contributed by atoms with Crippen molar-refractivity contribution in [2.75, 3.05) is 13.1 Å². The van der Waals surface area contributed by atoms with Crippen molar-refractivity contribution in [1.82, 2.24) is 15.1 Å². The Morgan fingerprint density at radius 1 is 1.59 bits per heavy atom. The maximum absolute atomic E-state index is 12.6. The molecule has 0 radical (unpaired) electrons. The summed E-state index contributed by atoms with van der Waals surface area (Å²) in [5.74, 6) is -1.03. The number of aliphatic hydroxyl groups excluding tert-OH is 1. The Bertz CT molecular complexity index is 459. The highest BCUT2D eigenvalue weighted by Gasteiger charge is 2.39. The van der Waals surface area contributed by atoms with Gasteiger partial charge in [0, 0.05) is 13.1 Å². The Balaban J connectivity index is 2.84. The molecule has 0 spiro atoms. The normalized spacial score (nSPS) is 24.5. The third-order valence-electron chi connectivity index (χ3n) is 3.45. The fraction of sp³-hybridized carbons (Fsp3) is 0.833. The standard InChI is InChI=1S/C12H26N5O4P/c1-3-6-15-11(19)10(8(2)18)16-22(14,21)17-7-4-5-9(13)12(17)20/h8-10,18H,3-7,13H2,1-2H3,(H,15,19)(H3,14,16,21)/t8?,9-,10?,22?/m0/s1. The number of nitrogens with two attached hydrogens (primary N) is 2. The summed E-state index contributed by atoms with van der Waals surface area (Å²) in [4.78, 5) is 24.0. The number of carbonyl (C=O) groups excluding carboxylic acids is 2.